The summed E-state index contributed by atoms with van der Waals surface area (Å²) < 4.78 is 36.1. The molecule has 0 radical (unpaired) electrons. The van der Waals surface area contributed by atoms with Gasteiger partial charge in [-0.3, -0.25) is 4.79 Å². The average Bonchev–Trinajstić information content (AvgIpc) is 3.23. The zero-order valence-electron chi connectivity index (χ0n) is 22.8. The number of amides is 1. The summed E-state index contributed by atoms with van der Waals surface area (Å²) >= 11 is 12.2. The highest BCUT2D eigenvalue weighted by molar-refractivity contribution is 6.31. The maximum absolute atomic E-state index is 15.7. The summed E-state index contributed by atoms with van der Waals surface area (Å²) in [6.07, 6.45) is 1.57. The van der Waals surface area contributed by atoms with E-state index in [2.05, 4.69) is 26.4 Å². The van der Waals surface area contributed by atoms with E-state index in [0.29, 0.717) is 6.42 Å². The van der Waals surface area contributed by atoms with E-state index in [0.717, 1.165) is 6.07 Å². The molecule has 2 heterocycles. The Kier molecular flexibility index (Phi) is 8.69. The van der Waals surface area contributed by atoms with Gasteiger partial charge in [0.15, 0.2) is 0 Å². The largest absolute Gasteiger partial charge is 0.465 e. The number of methoxy groups -OCH3 is 1. The van der Waals surface area contributed by atoms with Crippen LogP contribution in [0.2, 0.25) is 10.0 Å². The molecule has 0 spiro atoms. The molecule has 11 heteroatoms. The quantitative estimate of drug-likeness (QED) is 0.317. The number of ether oxygens (including phenoxy) is 1. The molecule has 4 rings (SSSR count). The summed E-state index contributed by atoms with van der Waals surface area (Å²) in [5.41, 5.74) is -2.00. The molecule has 1 saturated heterocycles. The van der Waals surface area contributed by atoms with Crippen molar-refractivity contribution in [3.63, 3.8) is 0 Å². The second-order valence-electron chi connectivity index (χ2n) is 11.1. The number of benzene rings is 2. The van der Waals surface area contributed by atoms with Crippen molar-refractivity contribution in [3.05, 3.63) is 93.1 Å². The van der Waals surface area contributed by atoms with Gasteiger partial charge in [0, 0.05) is 28.7 Å². The number of carbonyl (C=O) groups excluding carboxylic acids is 2. The number of hydrogen-bond donors (Lipinski definition) is 2. The lowest BCUT2D eigenvalue weighted by atomic mass is 9.62. The van der Waals surface area contributed by atoms with E-state index in [4.69, 9.17) is 23.2 Å². The zero-order valence-corrected chi connectivity index (χ0v) is 24.3. The van der Waals surface area contributed by atoms with Crippen molar-refractivity contribution in [2.24, 2.45) is 5.41 Å². The molecule has 1 aliphatic heterocycles. The smallest absolute Gasteiger partial charge is 0.339 e. The monoisotopic (exact) mass is 600 g/mol. The molecule has 3 aromatic rings. The standard InChI is InChI=1S/C30H28Cl2F2N4O3/c1-29(2,3)13-22-30(15-35,19-10-9-17(31)12-21(19)33)24(18-6-5-7-20(32)25(18)34)26(37-22)27(39)38-23-11-8-16(14-36-23)28(40)41-4/h5-12,14,22,24,26,37H,13H2,1-4H3,(H,36,38,39). The predicted octanol–water partition coefficient (Wildman–Crippen LogP) is 6.41. The molecule has 1 aromatic heterocycles. The molecule has 2 aromatic carbocycles. The number of rotatable bonds is 6. The number of pyridine rings is 1. The van der Waals surface area contributed by atoms with Gasteiger partial charge < -0.3 is 15.4 Å². The van der Waals surface area contributed by atoms with E-state index in [1.54, 1.807) is 0 Å². The van der Waals surface area contributed by atoms with Gasteiger partial charge in [0.05, 0.1) is 29.8 Å². The molecular weight excluding hydrogens is 573 g/mol. The van der Waals surface area contributed by atoms with Gasteiger partial charge in [-0.2, -0.15) is 5.26 Å². The Morgan fingerprint density at radius 3 is 2.49 bits per heavy atom. The Morgan fingerprint density at radius 2 is 1.90 bits per heavy atom. The van der Waals surface area contributed by atoms with Crippen LogP contribution in [-0.4, -0.2) is 36.1 Å². The normalized spacial score (nSPS) is 22.2. The van der Waals surface area contributed by atoms with Crippen LogP contribution in [0.4, 0.5) is 14.6 Å². The summed E-state index contributed by atoms with van der Waals surface area (Å²) in [5.74, 6) is -3.92. The van der Waals surface area contributed by atoms with Crippen LogP contribution >= 0.6 is 23.2 Å². The first-order valence-electron chi connectivity index (χ1n) is 12.7. The summed E-state index contributed by atoms with van der Waals surface area (Å²) in [6, 6.07) is 11.4. The lowest BCUT2D eigenvalue weighted by molar-refractivity contribution is -0.118. The van der Waals surface area contributed by atoms with Gasteiger partial charge in [-0.15, -0.1) is 0 Å². The lowest BCUT2D eigenvalue weighted by Crippen LogP contribution is -2.45. The van der Waals surface area contributed by atoms with Crippen LogP contribution in [0.3, 0.4) is 0 Å². The molecular formula is C30H28Cl2F2N4O3. The highest BCUT2D eigenvalue weighted by Gasteiger charge is 2.61. The molecule has 1 amide bonds. The molecule has 4 atom stereocenters. The third-order valence-corrected chi connectivity index (χ3v) is 7.69. The van der Waals surface area contributed by atoms with Crippen LogP contribution in [0.5, 0.6) is 0 Å². The number of halogens is 4. The van der Waals surface area contributed by atoms with Crippen molar-refractivity contribution in [2.75, 3.05) is 12.4 Å². The van der Waals surface area contributed by atoms with Crippen molar-refractivity contribution >= 4 is 40.9 Å². The fourth-order valence-electron chi connectivity index (χ4n) is 5.47. The van der Waals surface area contributed by atoms with E-state index in [1.165, 1.54) is 55.8 Å². The van der Waals surface area contributed by atoms with Crippen molar-refractivity contribution in [3.8, 4) is 6.07 Å². The minimum absolute atomic E-state index is 0.0218. The molecule has 2 N–H and O–H groups in total. The molecule has 0 bridgehead atoms. The van der Waals surface area contributed by atoms with Crippen LogP contribution in [0.1, 0.15) is 54.6 Å². The topological polar surface area (TPSA) is 104 Å². The van der Waals surface area contributed by atoms with Crippen LogP contribution in [-0.2, 0) is 14.9 Å². The van der Waals surface area contributed by atoms with Gasteiger partial charge in [-0.05, 0) is 47.7 Å². The van der Waals surface area contributed by atoms with E-state index < -0.39 is 46.9 Å². The van der Waals surface area contributed by atoms with E-state index in [-0.39, 0.29) is 38.0 Å². The summed E-state index contributed by atoms with van der Waals surface area (Å²) in [5, 5.41) is 16.7. The number of nitrogens with zero attached hydrogens (tertiary/aromatic N) is 2. The summed E-state index contributed by atoms with van der Waals surface area (Å²) in [6.45, 7) is 5.85. The zero-order chi connectivity index (χ0) is 30.1. The van der Waals surface area contributed by atoms with Crippen LogP contribution in [0.25, 0.3) is 0 Å². The third kappa shape index (κ3) is 5.91. The van der Waals surface area contributed by atoms with E-state index in [9.17, 15) is 14.9 Å². The van der Waals surface area contributed by atoms with Crippen molar-refractivity contribution in [1.82, 2.24) is 10.3 Å². The molecule has 0 aliphatic carbocycles. The van der Waals surface area contributed by atoms with Gasteiger partial charge in [0.25, 0.3) is 0 Å². The SMILES string of the molecule is COC(=O)c1ccc(NC(=O)C2NC(CC(C)(C)C)C(C#N)(c3ccc(Cl)cc3F)C2c2cccc(Cl)c2F)nc1. The second kappa shape index (κ2) is 11.7. The minimum atomic E-state index is -1.75. The Hall–Kier alpha value is -3.58. The molecule has 0 saturated carbocycles. The molecule has 214 valence electrons. The van der Waals surface area contributed by atoms with Crippen molar-refractivity contribution < 1.29 is 23.1 Å². The Labute approximate surface area is 246 Å². The molecule has 1 aliphatic rings. The Morgan fingerprint density at radius 1 is 1.17 bits per heavy atom. The van der Waals surface area contributed by atoms with Gasteiger partial charge in [-0.1, -0.05) is 62.2 Å². The maximum atomic E-state index is 15.7. The third-order valence-electron chi connectivity index (χ3n) is 7.17. The highest BCUT2D eigenvalue weighted by atomic mass is 35.5. The van der Waals surface area contributed by atoms with Crippen LogP contribution in [0, 0.1) is 28.4 Å². The number of hydrogen-bond acceptors (Lipinski definition) is 6. The van der Waals surface area contributed by atoms with E-state index in [1.807, 2.05) is 20.8 Å². The van der Waals surface area contributed by atoms with Crippen LogP contribution < -0.4 is 10.6 Å². The fraction of sp³-hybridized carbons (Fsp3) is 0.333. The lowest BCUT2D eigenvalue weighted by Gasteiger charge is -2.37. The Bertz CT molecular complexity index is 1520. The van der Waals surface area contributed by atoms with Crippen molar-refractivity contribution in [2.45, 2.75) is 50.6 Å². The van der Waals surface area contributed by atoms with E-state index >= 15 is 8.78 Å². The van der Waals surface area contributed by atoms with Gasteiger partial charge in [0.2, 0.25) is 5.91 Å². The molecule has 4 unspecified atom stereocenters. The van der Waals surface area contributed by atoms with Gasteiger partial charge >= 0.3 is 5.97 Å². The minimum Gasteiger partial charge on any atom is -0.465 e. The maximum Gasteiger partial charge on any atom is 0.339 e. The number of aromatic nitrogens is 1. The van der Waals surface area contributed by atoms with Crippen molar-refractivity contribution in [1.29, 1.82) is 5.26 Å². The number of anilines is 1. The second-order valence-corrected chi connectivity index (χ2v) is 11.9. The first-order valence-corrected chi connectivity index (χ1v) is 13.5. The highest BCUT2D eigenvalue weighted by Crippen LogP contribution is 2.52. The van der Waals surface area contributed by atoms with Gasteiger partial charge in [0.1, 0.15) is 22.9 Å². The van der Waals surface area contributed by atoms with Gasteiger partial charge in [-0.25, -0.2) is 18.6 Å². The molecule has 41 heavy (non-hydrogen) atoms. The number of esters is 1. The predicted molar refractivity (Wildman–Crippen MR) is 152 cm³/mol. The number of carbonyl (C=O) groups is 2. The fourth-order valence-corrected chi connectivity index (χ4v) is 5.81. The Balaban J connectivity index is 1.90. The number of nitrogens with one attached hydrogen (secondary N) is 2. The molecule has 7 nitrogen and oxygen atoms in total. The van der Waals surface area contributed by atoms with Crippen LogP contribution in [0.15, 0.2) is 54.7 Å². The molecule has 1 fully saturated rings. The summed E-state index contributed by atoms with van der Waals surface area (Å²) in [7, 11) is 1.23. The number of nitriles is 1. The summed E-state index contributed by atoms with van der Waals surface area (Å²) in [4.78, 5) is 29.8. The first kappa shape index (κ1) is 30.4. The average molecular weight is 601 g/mol. The first-order chi connectivity index (χ1) is 19.3.